The van der Waals surface area contributed by atoms with Crippen LogP contribution in [0.5, 0.6) is 0 Å². The van der Waals surface area contributed by atoms with Crippen molar-refractivity contribution in [2.75, 3.05) is 10.6 Å². The third-order valence-corrected chi connectivity index (χ3v) is 4.82. The van der Waals surface area contributed by atoms with E-state index in [2.05, 4.69) is 31.9 Å². The molecule has 0 aromatic carbocycles. The van der Waals surface area contributed by atoms with E-state index in [1.54, 1.807) is 6.20 Å². The van der Waals surface area contributed by atoms with Gasteiger partial charge in [0, 0.05) is 41.9 Å². The zero-order valence-electron chi connectivity index (χ0n) is 14.7. The van der Waals surface area contributed by atoms with Gasteiger partial charge in [0.2, 0.25) is 0 Å². The SMILES string of the molecule is Cc1cc(Nc2cc3ncccc3c(NC3CCC(CC#N)C3)n2)n[nH]1. The zero-order chi connectivity index (χ0) is 17.9. The second kappa shape index (κ2) is 7.00. The van der Waals surface area contributed by atoms with E-state index in [9.17, 15) is 0 Å². The van der Waals surface area contributed by atoms with Gasteiger partial charge in [-0.3, -0.25) is 10.1 Å². The number of fused-ring (bicyclic) bond motifs is 1. The van der Waals surface area contributed by atoms with E-state index in [1.807, 2.05) is 31.2 Å². The Hall–Kier alpha value is -3.14. The molecule has 0 radical (unpaired) electrons. The van der Waals surface area contributed by atoms with Crippen LogP contribution in [0.1, 0.15) is 31.4 Å². The molecule has 0 amide bonds. The van der Waals surface area contributed by atoms with Crippen molar-refractivity contribution < 1.29 is 0 Å². The molecule has 7 heteroatoms. The number of hydrogen-bond donors (Lipinski definition) is 3. The highest BCUT2D eigenvalue weighted by atomic mass is 15.2. The molecule has 1 aliphatic carbocycles. The van der Waals surface area contributed by atoms with Crippen molar-refractivity contribution in [2.24, 2.45) is 5.92 Å². The first-order valence-corrected chi connectivity index (χ1v) is 8.89. The molecule has 3 heterocycles. The summed E-state index contributed by atoms with van der Waals surface area (Å²) in [6.45, 7) is 1.96. The summed E-state index contributed by atoms with van der Waals surface area (Å²) in [5.41, 5.74) is 1.87. The first-order valence-electron chi connectivity index (χ1n) is 8.89. The van der Waals surface area contributed by atoms with Crippen LogP contribution in [-0.2, 0) is 0 Å². The molecule has 2 atom stereocenters. The van der Waals surface area contributed by atoms with Gasteiger partial charge in [-0.2, -0.15) is 10.4 Å². The molecule has 0 saturated heterocycles. The van der Waals surface area contributed by atoms with Crippen LogP contribution in [0.25, 0.3) is 10.9 Å². The Bertz CT molecular complexity index is 956. The predicted molar refractivity (Wildman–Crippen MR) is 101 cm³/mol. The van der Waals surface area contributed by atoms with Gasteiger partial charge in [-0.25, -0.2) is 4.98 Å². The fourth-order valence-electron chi connectivity index (χ4n) is 3.58. The topological polar surface area (TPSA) is 102 Å². The fraction of sp³-hybridized carbons (Fsp3) is 0.368. The number of nitrogens with zero attached hydrogens (tertiary/aromatic N) is 4. The predicted octanol–water partition coefficient (Wildman–Crippen LogP) is 3.90. The van der Waals surface area contributed by atoms with Crippen molar-refractivity contribution in [3.05, 3.63) is 36.2 Å². The maximum absolute atomic E-state index is 8.91. The van der Waals surface area contributed by atoms with Gasteiger partial charge in [-0.05, 0) is 44.2 Å². The largest absolute Gasteiger partial charge is 0.367 e. The lowest BCUT2D eigenvalue weighted by Crippen LogP contribution is -2.17. The van der Waals surface area contributed by atoms with Gasteiger partial charge in [-0.15, -0.1) is 0 Å². The summed E-state index contributed by atoms with van der Waals surface area (Å²) < 4.78 is 0. The van der Waals surface area contributed by atoms with Crippen LogP contribution in [0.3, 0.4) is 0 Å². The van der Waals surface area contributed by atoms with E-state index >= 15 is 0 Å². The Morgan fingerprint density at radius 1 is 1.31 bits per heavy atom. The summed E-state index contributed by atoms with van der Waals surface area (Å²) >= 11 is 0. The summed E-state index contributed by atoms with van der Waals surface area (Å²) in [6, 6.07) is 10.4. The number of aryl methyl sites for hydroxylation is 1. The summed E-state index contributed by atoms with van der Waals surface area (Å²) in [4.78, 5) is 9.24. The Labute approximate surface area is 151 Å². The maximum Gasteiger partial charge on any atom is 0.153 e. The number of aromatic nitrogens is 4. The number of hydrogen-bond acceptors (Lipinski definition) is 6. The Kier molecular flexibility index (Phi) is 4.40. The summed E-state index contributed by atoms with van der Waals surface area (Å²) in [5, 5.41) is 23.8. The van der Waals surface area contributed by atoms with Crippen LogP contribution in [0, 0.1) is 24.2 Å². The normalized spacial score (nSPS) is 19.4. The van der Waals surface area contributed by atoms with Crippen molar-refractivity contribution in [2.45, 2.75) is 38.6 Å². The van der Waals surface area contributed by atoms with Crippen molar-refractivity contribution >= 4 is 28.4 Å². The van der Waals surface area contributed by atoms with Crippen LogP contribution in [0.4, 0.5) is 17.5 Å². The number of H-pyrrole nitrogens is 1. The van der Waals surface area contributed by atoms with Crippen molar-refractivity contribution in [1.29, 1.82) is 5.26 Å². The number of nitrogens with one attached hydrogen (secondary N) is 3. The minimum Gasteiger partial charge on any atom is -0.367 e. The Morgan fingerprint density at radius 2 is 2.23 bits per heavy atom. The third-order valence-electron chi connectivity index (χ3n) is 4.82. The van der Waals surface area contributed by atoms with E-state index in [4.69, 9.17) is 10.2 Å². The van der Waals surface area contributed by atoms with Gasteiger partial charge < -0.3 is 10.6 Å². The van der Waals surface area contributed by atoms with Gasteiger partial charge >= 0.3 is 0 Å². The van der Waals surface area contributed by atoms with E-state index in [-0.39, 0.29) is 0 Å². The molecule has 4 rings (SSSR count). The lowest BCUT2D eigenvalue weighted by atomic mass is 10.1. The van der Waals surface area contributed by atoms with Crippen molar-refractivity contribution in [1.82, 2.24) is 20.2 Å². The third kappa shape index (κ3) is 3.45. The molecule has 2 unspecified atom stereocenters. The number of rotatable bonds is 5. The molecule has 132 valence electrons. The monoisotopic (exact) mass is 347 g/mol. The maximum atomic E-state index is 8.91. The number of anilines is 3. The van der Waals surface area contributed by atoms with Crippen LogP contribution in [-0.4, -0.2) is 26.2 Å². The van der Waals surface area contributed by atoms with Gasteiger partial charge in [0.15, 0.2) is 5.82 Å². The molecular formula is C19H21N7. The number of aromatic amines is 1. The molecule has 0 aliphatic heterocycles. The molecule has 1 aliphatic rings. The Balaban J connectivity index is 1.61. The highest BCUT2D eigenvalue weighted by Gasteiger charge is 2.25. The van der Waals surface area contributed by atoms with E-state index in [1.165, 1.54) is 0 Å². The lowest BCUT2D eigenvalue weighted by molar-refractivity contribution is 0.556. The van der Waals surface area contributed by atoms with Gasteiger partial charge in [0.05, 0.1) is 11.6 Å². The summed E-state index contributed by atoms with van der Waals surface area (Å²) in [6.07, 6.45) is 5.58. The quantitative estimate of drug-likeness (QED) is 0.647. The fourth-order valence-corrected chi connectivity index (χ4v) is 3.58. The molecule has 26 heavy (non-hydrogen) atoms. The van der Waals surface area contributed by atoms with Gasteiger partial charge in [0.25, 0.3) is 0 Å². The molecular weight excluding hydrogens is 326 g/mol. The first kappa shape index (κ1) is 16.3. The van der Waals surface area contributed by atoms with Crippen LogP contribution < -0.4 is 10.6 Å². The smallest absolute Gasteiger partial charge is 0.153 e. The van der Waals surface area contributed by atoms with Gasteiger partial charge in [-0.1, -0.05) is 0 Å². The first-order chi connectivity index (χ1) is 12.7. The molecule has 3 aromatic rings. The molecule has 3 N–H and O–H groups in total. The van der Waals surface area contributed by atoms with Crippen LogP contribution >= 0.6 is 0 Å². The minimum atomic E-state index is 0.340. The van der Waals surface area contributed by atoms with E-state index in [0.717, 1.165) is 47.5 Å². The Morgan fingerprint density at radius 3 is 3.04 bits per heavy atom. The second-order valence-corrected chi connectivity index (χ2v) is 6.87. The van der Waals surface area contributed by atoms with E-state index < -0.39 is 0 Å². The lowest BCUT2D eigenvalue weighted by Gasteiger charge is -2.16. The van der Waals surface area contributed by atoms with E-state index in [0.29, 0.717) is 24.2 Å². The molecule has 0 bridgehead atoms. The average Bonchev–Trinajstić information content (AvgIpc) is 3.24. The molecule has 7 nitrogen and oxygen atoms in total. The van der Waals surface area contributed by atoms with Crippen LogP contribution in [0.2, 0.25) is 0 Å². The standard InChI is InChI=1S/C19H21N7/c1-12-9-18(26-25-12)23-17-11-16-15(3-2-8-21-16)19(24-17)22-14-5-4-13(10-14)6-7-20/h2-3,8-9,11,13-14H,4-6,10H2,1H3,(H3,22,23,24,25,26). The molecule has 1 fully saturated rings. The minimum absolute atomic E-state index is 0.340. The zero-order valence-corrected chi connectivity index (χ0v) is 14.7. The summed E-state index contributed by atoms with van der Waals surface area (Å²) in [5.74, 6) is 2.74. The van der Waals surface area contributed by atoms with Crippen LogP contribution in [0.15, 0.2) is 30.5 Å². The highest BCUT2D eigenvalue weighted by molar-refractivity contribution is 5.91. The second-order valence-electron chi connectivity index (χ2n) is 6.87. The number of nitriles is 1. The highest BCUT2D eigenvalue weighted by Crippen LogP contribution is 2.32. The molecule has 3 aromatic heterocycles. The molecule has 1 saturated carbocycles. The van der Waals surface area contributed by atoms with Gasteiger partial charge in [0.1, 0.15) is 11.6 Å². The average molecular weight is 347 g/mol. The van der Waals surface area contributed by atoms with Crippen molar-refractivity contribution in [3.8, 4) is 6.07 Å². The van der Waals surface area contributed by atoms with Crippen molar-refractivity contribution in [3.63, 3.8) is 0 Å². The molecule has 0 spiro atoms. The summed E-state index contributed by atoms with van der Waals surface area (Å²) in [7, 11) is 0. The number of pyridine rings is 2.